The van der Waals surface area contributed by atoms with E-state index in [1.165, 1.54) is 25.7 Å². The van der Waals surface area contributed by atoms with Gasteiger partial charge >= 0.3 is 0 Å². The van der Waals surface area contributed by atoms with Crippen LogP contribution in [0.5, 0.6) is 0 Å². The van der Waals surface area contributed by atoms with E-state index in [1.54, 1.807) is 6.20 Å². The van der Waals surface area contributed by atoms with Crippen LogP contribution >= 0.6 is 11.6 Å². The zero-order valence-electron chi connectivity index (χ0n) is 15.0. The summed E-state index contributed by atoms with van der Waals surface area (Å²) >= 11 is 6.17. The van der Waals surface area contributed by atoms with Crippen molar-refractivity contribution in [2.24, 2.45) is 0 Å². The van der Waals surface area contributed by atoms with Crippen molar-refractivity contribution in [3.8, 4) is 11.3 Å². The lowest BCUT2D eigenvalue weighted by Gasteiger charge is -2.19. The van der Waals surface area contributed by atoms with Crippen LogP contribution < -0.4 is 5.32 Å². The number of hydrogen-bond acceptors (Lipinski definition) is 4. The Balaban J connectivity index is 1.40. The molecule has 1 amide bonds. The van der Waals surface area contributed by atoms with Crippen molar-refractivity contribution in [3.05, 3.63) is 41.4 Å². The van der Waals surface area contributed by atoms with Gasteiger partial charge in [0, 0.05) is 31.5 Å². The topological polar surface area (TPSA) is 58.4 Å². The molecule has 0 unspecified atom stereocenters. The van der Waals surface area contributed by atoms with E-state index in [0.717, 1.165) is 25.2 Å². The van der Waals surface area contributed by atoms with E-state index >= 15 is 0 Å². The molecule has 1 aromatic carbocycles. The van der Waals surface area contributed by atoms with Gasteiger partial charge in [0.1, 0.15) is 0 Å². The molecule has 1 N–H and O–H groups in total. The third-order valence-electron chi connectivity index (χ3n) is 4.71. The van der Waals surface area contributed by atoms with Gasteiger partial charge in [-0.15, -0.1) is 0 Å². The number of oxazole rings is 1. The number of nitrogens with one attached hydrogen (secondary N) is 1. The second-order valence-corrected chi connectivity index (χ2v) is 7.11. The SMILES string of the molecule is O=C(CCc1ncc(-c2ccccc2Cl)o1)NCCN1CCCCCC1. The van der Waals surface area contributed by atoms with Crippen LogP contribution in [0.4, 0.5) is 0 Å². The molecule has 26 heavy (non-hydrogen) atoms. The van der Waals surface area contributed by atoms with Gasteiger partial charge in [0.2, 0.25) is 5.91 Å². The molecule has 0 radical (unpaired) electrons. The molecule has 5 nitrogen and oxygen atoms in total. The minimum absolute atomic E-state index is 0.0392. The van der Waals surface area contributed by atoms with Crippen LogP contribution in [0, 0.1) is 0 Å². The fourth-order valence-electron chi connectivity index (χ4n) is 3.23. The lowest BCUT2D eigenvalue weighted by atomic mass is 10.2. The summed E-state index contributed by atoms with van der Waals surface area (Å²) in [7, 11) is 0. The highest BCUT2D eigenvalue weighted by molar-refractivity contribution is 6.33. The third-order valence-corrected chi connectivity index (χ3v) is 5.04. The first-order chi connectivity index (χ1) is 12.7. The molecule has 6 heteroatoms. The molecule has 2 heterocycles. The van der Waals surface area contributed by atoms with Crippen molar-refractivity contribution in [2.45, 2.75) is 38.5 Å². The van der Waals surface area contributed by atoms with Crippen molar-refractivity contribution in [1.82, 2.24) is 15.2 Å². The normalized spacial score (nSPS) is 15.6. The van der Waals surface area contributed by atoms with E-state index in [9.17, 15) is 4.79 Å². The fraction of sp³-hybridized carbons (Fsp3) is 0.500. The maximum absolute atomic E-state index is 12.0. The molecule has 0 aliphatic carbocycles. The Labute approximate surface area is 159 Å². The van der Waals surface area contributed by atoms with Gasteiger partial charge in [0.25, 0.3) is 0 Å². The van der Waals surface area contributed by atoms with Crippen molar-refractivity contribution >= 4 is 17.5 Å². The number of hydrogen-bond donors (Lipinski definition) is 1. The predicted octanol–water partition coefficient (Wildman–Crippen LogP) is 3.92. The number of aromatic nitrogens is 1. The first kappa shape index (κ1) is 18.9. The quantitative estimate of drug-likeness (QED) is 0.796. The van der Waals surface area contributed by atoms with Crippen molar-refractivity contribution in [1.29, 1.82) is 0 Å². The van der Waals surface area contributed by atoms with E-state index in [0.29, 0.717) is 36.1 Å². The van der Waals surface area contributed by atoms with Crippen LogP contribution in [0.15, 0.2) is 34.9 Å². The van der Waals surface area contributed by atoms with Crippen molar-refractivity contribution in [3.63, 3.8) is 0 Å². The van der Waals surface area contributed by atoms with Crippen LogP contribution in [-0.4, -0.2) is 42.0 Å². The molecule has 1 aliphatic heterocycles. The highest BCUT2D eigenvalue weighted by Crippen LogP contribution is 2.28. The van der Waals surface area contributed by atoms with Crippen LogP contribution in [0.2, 0.25) is 5.02 Å². The van der Waals surface area contributed by atoms with Crippen molar-refractivity contribution < 1.29 is 9.21 Å². The van der Waals surface area contributed by atoms with E-state index in [-0.39, 0.29) is 5.91 Å². The summed E-state index contributed by atoms with van der Waals surface area (Å²) in [5, 5.41) is 3.62. The van der Waals surface area contributed by atoms with Crippen LogP contribution in [-0.2, 0) is 11.2 Å². The van der Waals surface area contributed by atoms with Gasteiger partial charge in [-0.3, -0.25) is 4.79 Å². The molecule has 3 rings (SSSR count). The summed E-state index contributed by atoms with van der Waals surface area (Å²) in [6, 6.07) is 7.49. The molecular weight excluding hydrogens is 350 g/mol. The first-order valence-electron chi connectivity index (χ1n) is 9.41. The summed E-state index contributed by atoms with van der Waals surface area (Å²) < 4.78 is 5.73. The molecule has 0 bridgehead atoms. The lowest BCUT2D eigenvalue weighted by molar-refractivity contribution is -0.121. The summed E-state index contributed by atoms with van der Waals surface area (Å²) in [6.07, 6.45) is 7.72. The predicted molar refractivity (Wildman–Crippen MR) is 103 cm³/mol. The fourth-order valence-corrected chi connectivity index (χ4v) is 3.46. The number of amides is 1. The number of halogens is 1. The number of aryl methyl sites for hydroxylation is 1. The molecule has 1 saturated heterocycles. The number of likely N-dealkylation sites (tertiary alicyclic amines) is 1. The maximum atomic E-state index is 12.0. The molecule has 1 aliphatic rings. The van der Waals surface area contributed by atoms with Gasteiger partial charge < -0.3 is 14.6 Å². The van der Waals surface area contributed by atoms with Crippen LogP contribution in [0.1, 0.15) is 38.0 Å². The van der Waals surface area contributed by atoms with Crippen LogP contribution in [0.3, 0.4) is 0 Å². The second-order valence-electron chi connectivity index (χ2n) is 6.70. The Kier molecular flexibility index (Phi) is 7.09. The molecule has 2 aromatic rings. The largest absolute Gasteiger partial charge is 0.441 e. The molecule has 0 saturated carbocycles. The molecular formula is C20H26ClN3O2. The minimum atomic E-state index is 0.0392. The number of nitrogens with zero attached hydrogens (tertiary/aromatic N) is 2. The van der Waals surface area contributed by atoms with Crippen molar-refractivity contribution in [2.75, 3.05) is 26.2 Å². The Hall–Kier alpha value is -1.85. The van der Waals surface area contributed by atoms with Gasteiger partial charge in [0.15, 0.2) is 11.7 Å². The lowest BCUT2D eigenvalue weighted by Crippen LogP contribution is -2.35. The third kappa shape index (κ3) is 5.58. The smallest absolute Gasteiger partial charge is 0.220 e. The highest BCUT2D eigenvalue weighted by Gasteiger charge is 2.12. The van der Waals surface area contributed by atoms with Gasteiger partial charge in [-0.2, -0.15) is 0 Å². The van der Waals surface area contributed by atoms with Gasteiger partial charge in [0.05, 0.1) is 11.2 Å². The second kappa shape index (κ2) is 9.74. The zero-order chi connectivity index (χ0) is 18.2. The Morgan fingerprint density at radius 2 is 1.96 bits per heavy atom. The van der Waals surface area contributed by atoms with E-state index in [4.69, 9.17) is 16.0 Å². The Morgan fingerprint density at radius 1 is 1.19 bits per heavy atom. The zero-order valence-corrected chi connectivity index (χ0v) is 15.8. The number of carbonyl (C=O) groups is 1. The summed E-state index contributed by atoms with van der Waals surface area (Å²) in [6.45, 7) is 3.94. The molecule has 0 spiro atoms. The summed E-state index contributed by atoms with van der Waals surface area (Å²) in [5.74, 6) is 1.23. The Bertz CT molecular complexity index is 709. The number of carbonyl (C=O) groups excluding carboxylic acids is 1. The number of rotatable bonds is 7. The summed E-state index contributed by atoms with van der Waals surface area (Å²) in [4.78, 5) is 18.7. The van der Waals surface area contributed by atoms with E-state index in [2.05, 4.69) is 15.2 Å². The van der Waals surface area contributed by atoms with Crippen LogP contribution in [0.25, 0.3) is 11.3 Å². The summed E-state index contributed by atoms with van der Waals surface area (Å²) in [5.41, 5.74) is 0.815. The van der Waals surface area contributed by atoms with Gasteiger partial charge in [-0.25, -0.2) is 4.98 Å². The van der Waals surface area contributed by atoms with Gasteiger partial charge in [-0.1, -0.05) is 36.6 Å². The minimum Gasteiger partial charge on any atom is -0.441 e. The van der Waals surface area contributed by atoms with E-state index < -0.39 is 0 Å². The van der Waals surface area contributed by atoms with Gasteiger partial charge in [-0.05, 0) is 38.1 Å². The highest BCUT2D eigenvalue weighted by atomic mass is 35.5. The molecule has 1 aromatic heterocycles. The monoisotopic (exact) mass is 375 g/mol. The molecule has 140 valence electrons. The number of benzene rings is 1. The standard InChI is InChI=1S/C20H26ClN3O2/c21-17-8-4-3-7-16(17)18-15-23-20(26-18)10-9-19(25)22-11-14-24-12-5-1-2-6-13-24/h3-4,7-8,15H,1-2,5-6,9-14H2,(H,22,25). The maximum Gasteiger partial charge on any atom is 0.220 e. The first-order valence-corrected chi connectivity index (χ1v) is 9.79. The molecule has 1 fully saturated rings. The average Bonchev–Trinajstić information content (AvgIpc) is 2.96. The van der Waals surface area contributed by atoms with E-state index in [1.807, 2.05) is 24.3 Å². The average molecular weight is 376 g/mol. The Morgan fingerprint density at radius 3 is 2.73 bits per heavy atom. The molecule has 0 atom stereocenters.